The van der Waals surface area contributed by atoms with E-state index in [1.165, 1.54) is 6.42 Å². The molecule has 0 aromatic heterocycles. The summed E-state index contributed by atoms with van der Waals surface area (Å²) >= 11 is 0. The summed E-state index contributed by atoms with van der Waals surface area (Å²) in [6.45, 7) is 2.22. The Kier molecular flexibility index (Phi) is 3.98. The van der Waals surface area contributed by atoms with Crippen LogP contribution in [-0.2, 0) is 6.54 Å². The first-order chi connectivity index (χ1) is 8.29. The Labute approximate surface area is 102 Å². The molecule has 0 unspecified atom stereocenters. The van der Waals surface area contributed by atoms with Crippen LogP contribution in [0.1, 0.15) is 24.8 Å². The molecule has 1 saturated heterocycles. The van der Waals surface area contributed by atoms with Crippen LogP contribution in [0.2, 0.25) is 0 Å². The number of likely N-dealkylation sites (tertiary alicyclic amines) is 1. The van der Waals surface area contributed by atoms with Crippen molar-refractivity contribution in [1.82, 2.24) is 4.90 Å². The van der Waals surface area contributed by atoms with E-state index in [0.29, 0.717) is 6.54 Å². The van der Waals surface area contributed by atoms with Crippen molar-refractivity contribution in [2.75, 3.05) is 18.4 Å². The molecule has 1 aromatic rings. The minimum absolute atomic E-state index is 0.00104. The lowest BCUT2D eigenvalue weighted by Crippen LogP contribution is -2.38. The molecule has 1 aliphatic rings. The molecule has 0 saturated carbocycles. The minimum Gasteiger partial charge on any atom is -0.326 e. The van der Waals surface area contributed by atoms with Gasteiger partial charge < -0.3 is 16.0 Å². The number of amides is 2. The van der Waals surface area contributed by atoms with Gasteiger partial charge in [-0.2, -0.15) is 0 Å². The van der Waals surface area contributed by atoms with E-state index in [2.05, 4.69) is 5.32 Å². The minimum atomic E-state index is -0.00104. The van der Waals surface area contributed by atoms with Crippen molar-refractivity contribution in [1.29, 1.82) is 0 Å². The van der Waals surface area contributed by atoms with E-state index in [1.807, 2.05) is 29.2 Å². The number of rotatable bonds is 2. The van der Waals surface area contributed by atoms with Crippen LogP contribution in [0.5, 0.6) is 0 Å². The van der Waals surface area contributed by atoms with Crippen LogP contribution < -0.4 is 11.1 Å². The second-order valence-electron chi connectivity index (χ2n) is 4.38. The van der Waals surface area contributed by atoms with Gasteiger partial charge in [-0.25, -0.2) is 4.79 Å². The fourth-order valence-corrected chi connectivity index (χ4v) is 2.08. The molecule has 3 N–H and O–H groups in total. The topological polar surface area (TPSA) is 58.4 Å². The number of urea groups is 1. The average Bonchev–Trinajstić information content (AvgIpc) is 2.40. The zero-order valence-electron chi connectivity index (χ0n) is 9.98. The van der Waals surface area contributed by atoms with Crippen molar-refractivity contribution < 1.29 is 4.79 Å². The summed E-state index contributed by atoms with van der Waals surface area (Å²) in [5, 5.41) is 2.92. The maximum absolute atomic E-state index is 12.0. The van der Waals surface area contributed by atoms with E-state index in [1.54, 1.807) is 0 Å². The number of nitrogens with two attached hydrogens (primary N) is 1. The van der Waals surface area contributed by atoms with Gasteiger partial charge in [0.05, 0.1) is 0 Å². The summed E-state index contributed by atoms with van der Waals surface area (Å²) in [5.74, 6) is 0. The predicted molar refractivity (Wildman–Crippen MR) is 68.8 cm³/mol. The average molecular weight is 233 g/mol. The molecule has 1 aliphatic heterocycles. The van der Waals surface area contributed by atoms with Gasteiger partial charge in [0.2, 0.25) is 0 Å². The van der Waals surface area contributed by atoms with Crippen molar-refractivity contribution in [3.8, 4) is 0 Å². The molecular weight excluding hydrogens is 214 g/mol. The van der Waals surface area contributed by atoms with Crippen molar-refractivity contribution in [2.24, 2.45) is 5.73 Å². The Morgan fingerprint density at radius 1 is 1.29 bits per heavy atom. The zero-order valence-corrected chi connectivity index (χ0v) is 9.98. The molecule has 0 aliphatic carbocycles. The molecule has 4 heteroatoms. The molecule has 1 heterocycles. The van der Waals surface area contributed by atoms with Crippen LogP contribution in [0.3, 0.4) is 0 Å². The van der Waals surface area contributed by atoms with Gasteiger partial charge >= 0.3 is 6.03 Å². The normalized spacial score (nSPS) is 15.7. The second-order valence-corrected chi connectivity index (χ2v) is 4.38. The third-order valence-corrected chi connectivity index (χ3v) is 3.06. The van der Waals surface area contributed by atoms with Crippen molar-refractivity contribution >= 4 is 11.7 Å². The zero-order chi connectivity index (χ0) is 12.1. The number of hydrogen-bond donors (Lipinski definition) is 2. The quantitative estimate of drug-likeness (QED) is 0.822. The van der Waals surface area contributed by atoms with Gasteiger partial charge in [0.1, 0.15) is 0 Å². The fraction of sp³-hybridized carbons (Fsp3) is 0.462. The SMILES string of the molecule is NCc1cccc(NC(=O)N2CCCCC2)c1. The Morgan fingerprint density at radius 3 is 2.76 bits per heavy atom. The molecule has 0 radical (unpaired) electrons. The Hall–Kier alpha value is -1.55. The molecule has 1 aromatic carbocycles. The number of anilines is 1. The maximum atomic E-state index is 12.0. The molecule has 2 rings (SSSR count). The van der Waals surface area contributed by atoms with Crippen LogP contribution in [0, 0.1) is 0 Å². The molecule has 4 nitrogen and oxygen atoms in total. The summed E-state index contributed by atoms with van der Waals surface area (Å²) in [5.41, 5.74) is 7.42. The highest BCUT2D eigenvalue weighted by Crippen LogP contribution is 2.13. The number of piperidine rings is 1. The fourth-order valence-electron chi connectivity index (χ4n) is 2.08. The molecule has 17 heavy (non-hydrogen) atoms. The number of hydrogen-bond acceptors (Lipinski definition) is 2. The summed E-state index contributed by atoms with van der Waals surface area (Å²) in [7, 11) is 0. The van der Waals surface area contributed by atoms with Gasteiger partial charge in [0.15, 0.2) is 0 Å². The first-order valence-electron chi connectivity index (χ1n) is 6.14. The lowest BCUT2D eigenvalue weighted by Gasteiger charge is -2.26. The number of carbonyl (C=O) groups excluding carboxylic acids is 1. The molecule has 92 valence electrons. The van der Waals surface area contributed by atoms with Crippen LogP contribution in [-0.4, -0.2) is 24.0 Å². The largest absolute Gasteiger partial charge is 0.326 e. The van der Waals surface area contributed by atoms with Crippen LogP contribution in [0.25, 0.3) is 0 Å². The standard InChI is InChI=1S/C13H19N3O/c14-10-11-5-4-6-12(9-11)15-13(17)16-7-2-1-3-8-16/h4-6,9H,1-3,7-8,10,14H2,(H,15,17). The Morgan fingerprint density at radius 2 is 2.06 bits per heavy atom. The third kappa shape index (κ3) is 3.20. The smallest absolute Gasteiger partial charge is 0.321 e. The molecule has 0 spiro atoms. The van der Waals surface area contributed by atoms with E-state index >= 15 is 0 Å². The second kappa shape index (κ2) is 5.68. The monoisotopic (exact) mass is 233 g/mol. The number of nitrogens with zero attached hydrogens (tertiary/aromatic N) is 1. The van der Waals surface area contributed by atoms with Crippen molar-refractivity contribution in [3.05, 3.63) is 29.8 Å². The van der Waals surface area contributed by atoms with E-state index in [0.717, 1.165) is 37.2 Å². The van der Waals surface area contributed by atoms with Gasteiger partial charge in [0, 0.05) is 25.3 Å². The van der Waals surface area contributed by atoms with E-state index in [9.17, 15) is 4.79 Å². The van der Waals surface area contributed by atoms with Crippen molar-refractivity contribution in [2.45, 2.75) is 25.8 Å². The van der Waals surface area contributed by atoms with Crippen LogP contribution in [0.4, 0.5) is 10.5 Å². The number of carbonyl (C=O) groups is 1. The molecule has 0 bridgehead atoms. The molecule has 0 atom stereocenters. The van der Waals surface area contributed by atoms with Gasteiger partial charge in [0.25, 0.3) is 0 Å². The number of benzene rings is 1. The van der Waals surface area contributed by atoms with Crippen LogP contribution in [0.15, 0.2) is 24.3 Å². The van der Waals surface area contributed by atoms with Gasteiger partial charge in [-0.1, -0.05) is 12.1 Å². The first kappa shape index (κ1) is 11.9. The number of nitrogens with one attached hydrogen (secondary N) is 1. The predicted octanol–water partition coefficient (Wildman–Crippen LogP) is 2.16. The Bertz CT molecular complexity index is 386. The summed E-state index contributed by atoms with van der Waals surface area (Å²) in [4.78, 5) is 13.8. The van der Waals surface area contributed by atoms with Crippen molar-refractivity contribution in [3.63, 3.8) is 0 Å². The van der Waals surface area contributed by atoms with E-state index in [-0.39, 0.29) is 6.03 Å². The van der Waals surface area contributed by atoms with E-state index in [4.69, 9.17) is 5.73 Å². The molecular formula is C13H19N3O. The Balaban J connectivity index is 1.96. The summed E-state index contributed by atoms with van der Waals surface area (Å²) < 4.78 is 0. The highest BCUT2D eigenvalue weighted by Gasteiger charge is 2.16. The van der Waals surface area contributed by atoms with Gasteiger partial charge in [-0.05, 0) is 37.0 Å². The molecule has 1 fully saturated rings. The lowest BCUT2D eigenvalue weighted by atomic mass is 10.1. The lowest BCUT2D eigenvalue weighted by molar-refractivity contribution is 0.200. The van der Waals surface area contributed by atoms with Crippen LogP contribution >= 0.6 is 0 Å². The van der Waals surface area contributed by atoms with Gasteiger partial charge in [-0.3, -0.25) is 0 Å². The summed E-state index contributed by atoms with van der Waals surface area (Å²) in [6, 6.07) is 7.67. The molecule has 2 amide bonds. The first-order valence-corrected chi connectivity index (χ1v) is 6.14. The third-order valence-electron chi connectivity index (χ3n) is 3.06. The summed E-state index contributed by atoms with van der Waals surface area (Å²) in [6.07, 6.45) is 3.44. The maximum Gasteiger partial charge on any atom is 0.321 e. The van der Waals surface area contributed by atoms with Gasteiger partial charge in [-0.15, -0.1) is 0 Å². The highest BCUT2D eigenvalue weighted by atomic mass is 16.2. The highest BCUT2D eigenvalue weighted by molar-refractivity contribution is 5.89. The van der Waals surface area contributed by atoms with E-state index < -0.39 is 0 Å².